The van der Waals surface area contributed by atoms with Crippen molar-refractivity contribution in [1.82, 2.24) is 4.90 Å². The Balaban J connectivity index is 2.39. The topological polar surface area (TPSA) is 27.1 Å². The second-order valence-electron chi connectivity index (χ2n) is 2.92. The van der Waals surface area contributed by atoms with Crippen LogP contribution in [0.5, 0.6) is 0 Å². The molecule has 1 aliphatic heterocycles. The van der Waals surface area contributed by atoms with Gasteiger partial charge in [-0.3, -0.25) is 4.90 Å². The summed E-state index contributed by atoms with van der Waals surface area (Å²) >= 11 is 0. The Hall–Kier alpha value is -0.370. The van der Waals surface area contributed by atoms with Gasteiger partial charge in [-0.2, -0.15) is 0 Å². The van der Waals surface area contributed by atoms with Gasteiger partial charge in [0.15, 0.2) is 0 Å². The molecule has 0 aromatic heterocycles. The Bertz CT molecular complexity index is 118. The van der Waals surface area contributed by atoms with E-state index in [0.717, 1.165) is 25.2 Å². The lowest BCUT2D eigenvalue weighted by atomic mass is 10.3. The van der Waals surface area contributed by atoms with Crippen LogP contribution in [-0.4, -0.2) is 29.7 Å². The molecule has 1 heterocycles. The molecule has 0 unspecified atom stereocenters. The van der Waals surface area contributed by atoms with Crippen molar-refractivity contribution in [2.45, 2.75) is 26.3 Å². The van der Waals surface area contributed by atoms with Crippen molar-refractivity contribution in [3.05, 3.63) is 0 Å². The number of hydrogen-bond donors (Lipinski definition) is 1. The van der Waals surface area contributed by atoms with Gasteiger partial charge in [-0.1, -0.05) is 0 Å². The van der Waals surface area contributed by atoms with Gasteiger partial charge < -0.3 is 5.41 Å². The summed E-state index contributed by atoms with van der Waals surface area (Å²) in [5, 5.41) is 7.33. The molecule has 52 valence electrons. The quantitative estimate of drug-likeness (QED) is 0.560. The first-order valence-electron chi connectivity index (χ1n) is 3.50. The summed E-state index contributed by atoms with van der Waals surface area (Å²) in [4.78, 5) is 2.32. The van der Waals surface area contributed by atoms with Gasteiger partial charge in [0.2, 0.25) is 0 Å². The Labute approximate surface area is 56.4 Å². The third-order valence-electron chi connectivity index (χ3n) is 1.83. The van der Waals surface area contributed by atoms with Crippen molar-refractivity contribution in [2.75, 3.05) is 13.1 Å². The maximum absolute atomic E-state index is 7.33. The number of nitrogens with one attached hydrogen (secondary N) is 1. The maximum Gasteiger partial charge on any atom is 0.0364 e. The predicted octanol–water partition coefficient (Wildman–Crippen LogP) is 1.12. The van der Waals surface area contributed by atoms with Crippen molar-refractivity contribution >= 4 is 5.71 Å². The highest BCUT2D eigenvalue weighted by atomic mass is 15.2. The van der Waals surface area contributed by atoms with Crippen LogP contribution in [0.4, 0.5) is 0 Å². The van der Waals surface area contributed by atoms with E-state index in [9.17, 15) is 0 Å². The summed E-state index contributed by atoms with van der Waals surface area (Å²) in [7, 11) is 0. The van der Waals surface area contributed by atoms with E-state index in [1.807, 2.05) is 0 Å². The third kappa shape index (κ3) is 1.52. The van der Waals surface area contributed by atoms with Crippen LogP contribution in [0.2, 0.25) is 0 Å². The van der Waals surface area contributed by atoms with Gasteiger partial charge in [0, 0.05) is 24.8 Å². The molecular formula is C7H14N2. The second kappa shape index (κ2) is 2.48. The van der Waals surface area contributed by atoms with Crippen LogP contribution in [0.3, 0.4) is 0 Å². The number of rotatable bonds is 1. The summed E-state index contributed by atoms with van der Waals surface area (Å²) in [6.45, 7) is 6.35. The summed E-state index contributed by atoms with van der Waals surface area (Å²) in [5.41, 5.74) is 0.892. The van der Waals surface area contributed by atoms with Gasteiger partial charge in [0.05, 0.1) is 0 Å². The third-order valence-corrected chi connectivity index (χ3v) is 1.83. The zero-order valence-corrected chi connectivity index (χ0v) is 6.15. The summed E-state index contributed by atoms with van der Waals surface area (Å²) < 4.78 is 0. The molecule has 1 rings (SSSR count). The summed E-state index contributed by atoms with van der Waals surface area (Å²) in [6.07, 6.45) is 0.984. The van der Waals surface area contributed by atoms with Gasteiger partial charge in [0.1, 0.15) is 0 Å². The van der Waals surface area contributed by atoms with Crippen molar-refractivity contribution < 1.29 is 0 Å². The summed E-state index contributed by atoms with van der Waals surface area (Å²) in [5.74, 6) is 0. The van der Waals surface area contributed by atoms with Crippen molar-refractivity contribution in [2.24, 2.45) is 0 Å². The van der Waals surface area contributed by atoms with E-state index in [-0.39, 0.29) is 0 Å². The van der Waals surface area contributed by atoms with Crippen LogP contribution < -0.4 is 0 Å². The molecule has 0 bridgehead atoms. The second-order valence-corrected chi connectivity index (χ2v) is 2.92. The molecule has 1 aliphatic rings. The largest absolute Gasteiger partial charge is 0.308 e. The van der Waals surface area contributed by atoms with Crippen LogP contribution in [0.15, 0.2) is 0 Å². The van der Waals surface area contributed by atoms with Crippen molar-refractivity contribution in [3.8, 4) is 0 Å². The first-order valence-corrected chi connectivity index (χ1v) is 3.50. The molecule has 0 atom stereocenters. The molecule has 1 saturated heterocycles. The SMILES string of the molecule is CC(C)N1CCC(=N)C1. The molecule has 2 nitrogen and oxygen atoms in total. The van der Waals surface area contributed by atoms with Gasteiger partial charge in [0.25, 0.3) is 0 Å². The fourth-order valence-electron chi connectivity index (χ4n) is 1.12. The van der Waals surface area contributed by atoms with Gasteiger partial charge in [-0.15, -0.1) is 0 Å². The molecule has 0 amide bonds. The Morgan fingerprint density at radius 2 is 2.22 bits per heavy atom. The molecule has 0 radical (unpaired) electrons. The van der Waals surface area contributed by atoms with E-state index >= 15 is 0 Å². The minimum Gasteiger partial charge on any atom is -0.308 e. The Morgan fingerprint density at radius 3 is 2.44 bits per heavy atom. The lowest BCUT2D eigenvalue weighted by molar-refractivity contribution is 0.284. The highest BCUT2D eigenvalue weighted by molar-refractivity contribution is 5.85. The van der Waals surface area contributed by atoms with E-state index in [0.29, 0.717) is 6.04 Å². The van der Waals surface area contributed by atoms with E-state index in [4.69, 9.17) is 5.41 Å². The highest BCUT2D eigenvalue weighted by Gasteiger charge is 2.17. The zero-order chi connectivity index (χ0) is 6.85. The first-order chi connectivity index (χ1) is 4.20. The molecular weight excluding hydrogens is 112 g/mol. The lowest BCUT2D eigenvalue weighted by Crippen LogP contribution is -2.28. The predicted molar refractivity (Wildman–Crippen MR) is 39.1 cm³/mol. The fourth-order valence-corrected chi connectivity index (χ4v) is 1.12. The molecule has 0 aromatic carbocycles. The minimum absolute atomic E-state index is 0.618. The van der Waals surface area contributed by atoms with Crippen LogP contribution in [0.25, 0.3) is 0 Å². The lowest BCUT2D eigenvalue weighted by Gasteiger charge is -2.17. The Kier molecular flexibility index (Phi) is 1.86. The van der Waals surface area contributed by atoms with Crippen molar-refractivity contribution in [1.29, 1.82) is 5.41 Å². The van der Waals surface area contributed by atoms with Crippen LogP contribution >= 0.6 is 0 Å². The van der Waals surface area contributed by atoms with Gasteiger partial charge in [-0.05, 0) is 20.3 Å². The highest BCUT2D eigenvalue weighted by Crippen LogP contribution is 2.07. The van der Waals surface area contributed by atoms with E-state index in [2.05, 4.69) is 18.7 Å². The average Bonchev–Trinajstić information content (AvgIpc) is 2.14. The number of likely N-dealkylation sites (tertiary alicyclic amines) is 1. The maximum atomic E-state index is 7.33. The molecule has 2 heteroatoms. The van der Waals surface area contributed by atoms with E-state index in [1.165, 1.54) is 0 Å². The number of nitrogens with zero attached hydrogens (tertiary/aromatic N) is 1. The minimum atomic E-state index is 0.618. The van der Waals surface area contributed by atoms with Crippen LogP contribution in [0.1, 0.15) is 20.3 Å². The smallest absolute Gasteiger partial charge is 0.0364 e. The van der Waals surface area contributed by atoms with Gasteiger partial charge in [-0.25, -0.2) is 0 Å². The van der Waals surface area contributed by atoms with Crippen LogP contribution in [0, 0.1) is 5.41 Å². The number of hydrogen-bond acceptors (Lipinski definition) is 2. The average molecular weight is 126 g/mol. The van der Waals surface area contributed by atoms with Crippen LogP contribution in [-0.2, 0) is 0 Å². The molecule has 0 aliphatic carbocycles. The van der Waals surface area contributed by atoms with Gasteiger partial charge >= 0.3 is 0 Å². The van der Waals surface area contributed by atoms with E-state index in [1.54, 1.807) is 0 Å². The fraction of sp³-hybridized carbons (Fsp3) is 0.857. The molecule has 0 spiro atoms. The zero-order valence-electron chi connectivity index (χ0n) is 6.15. The standard InChI is InChI=1S/C7H14N2/c1-6(2)9-4-3-7(8)5-9/h6,8H,3-5H2,1-2H3. The normalized spacial score (nSPS) is 21.9. The summed E-state index contributed by atoms with van der Waals surface area (Å²) in [6, 6.07) is 0.618. The molecule has 0 aromatic rings. The molecule has 0 saturated carbocycles. The van der Waals surface area contributed by atoms with E-state index < -0.39 is 0 Å². The Morgan fingerprint density at radius 1 is 1.56 bits per heavy atom. The molecule has 1 N–H and O–H groups in total. The monoisotopic (exact) mass is 126 g/mol. The van der Waals surface area contributed by atoms with Crippen molar-refractivity contribution in [3.63, 3.8) is 0 Å². The first kappa shape index (κ1) is 6.75. The molecule has 1 fully saturated rings. The molecule has 9 heavy (non-hydrogen) atoms.